The topological polar surface area (TPSA) is 30.7 Å². The van der Waals surface area contributed by atoms with Gasteiger partial charge in [0.2, 0.25) is 0 Å². The van der Waals surface area contributed by atoms with E-state index in [9.17, 15) is 4.39 Å². The van der Waals surface area contributed by atoms with Crippen molar-refractivity contribution in [1.29, 1.82) is 0 Å². The first-order valence-corrected chi connectivity index (χ1v) is 9.08. The second kappa shape index (κ2) is 7.55. The van der Waals surface area contributed by atoms with Crippen molar-refractivity contribution in [2.75, 3.05) is 0 Å². The van der Waals surface area contributed by atoms with Gasteiger partial charge in [0, 0.05) is 17.9 Å². The second-order valence-electron chi connectivity index (χ2n) is 5.09. The lowest BCUT2D eigenvalue weighted by Crippen LogP contribution is -2.00. The van der Waals surface area contributed by atoms with Crippen molar-refractivity contribution >= 4 is 35.0 Å². The Kier molecular flexibility index (Phi) is 5.43. The minimum Gasteiger partial charge on any atom is -0.302 e. The highest BCUT2D eigenvalue weighted by atomic mass is 35.5. The van der Waals surface area contributed by atoms with Crippen LogP contribution in [-0.4, -0.2) is 14.8 Å². The van der Waals surface area contributed by atoms with Gasteiger partial charge < -0.3 is 4.57 Å². The molecule has 0 saturated carbocycles. The highest BCUT2D eigenvalue weighted by Crippen LogP contribution is 2.29. The van der Waals surface area contributed by atoms with E-state index in [4.69, 9.17) is 23.2 Å². The van der Waals surface area contributed by atoms with Gasteiger partial charge in [-0.25, -0.2) is 4.39 Å². The van der Waals surface area contributed by atoms with Crippen molar-refractivity contribution in [3.05, 3.63) is 63.9 Å². The fourth-order valence-electron chi connectivity index (χ4n) is 2.27. The molecule has 0 radical (unpaired) electrons. The lowest BCUT2D eigenvalue weighted by atomic mass is 10.2. The quantitative estimate of drug-likeness (QED) is 0.530. The monoisotopic (exact) mass is 381 g/mol. The number of hydrogen-bond acceptors (Lipinski definition) is 3. The fourth-order valence-corrected chi connectivity index (χ4v) is 3.54. The standard InChI is InChI=1S/C17H14Cl2FN3S/c1-2-23-16(12-4-6-13(20)7-5-12)21-22-17(23)24-10-11-3-8-14(18)15(19)9-11/h3-9H,2,10H2,1H3. The first-order valence-electron chi connectivity index (χ1n) is 7.34. The molecule has 0 atom stereocenters. The molecule has 0 aliphatic rings. The molecule has 0 fully saturated rings. The van der Waals surface area contributed by atoms with E-state index in [-0.39, 0.29) is 5.82 Å². The van der Waals surface area contributed by atoms with E-state index in [0.29, 0.717) is 15.8 Å². The maximum absolute atomic E-state index is 13.1. The predicted octanol–water partition coefficient (Wildman–Crippen LogP) is 5.70. The third-order valence-corrected chi connectivity index (χ3v) is 5.26. The van der Waals surface area contributed by atoms with Gasteiger partial charge in [-0.2, -0.15) is 0 Å². The third-order valence-electron chi connectivity index (χ3n) is 3.49. The molecule has 124 valence electrons. The van der Waals surface area contributed by atoms with E-state index >= 15 is 0 Å². The Labute approximate surface area is 153 Å². The van der Waals surface area contributed by atoms with E-state index in [1.807, 2.05) is 23.6 Å². The van der Waals surface area contributed by atoms with E-state index in [1.165, 1.54) is 12.1 Å². The van der Waals surface area contributed by atoms with Gasteiger partial charge in [-0.3, -0.25) is 0 Å². The molecule has 3 rings (SSSR count). The summed E-state index contributed by atoms with van der Waals surface area (Å²) >= 11 is 13.6. The van der Waals surface area contributed by atoms with Gasteiger partial charge in [-0.1, -0.05) is 41.0 Å². The molecule has 3 aromatic rings. The van der Waals surface area contributed by atoms with Crippen LogP contribution in [0, 0.1) is 5.82 Å². The maximum atomic E-state index is 13.1. The van der Waals surface area contributed by atoms with E-state index in [0.717, 1.165) is 28.7 Å². The number of nitrogens with zero attached hydrogens (tertiary/aromatic N) is 3. The number of benzene rings is 2. The second-order valence-corrected chi connectivity index (χ2v) is 6.85. The van der Waals surface area contributed by atoms with Crippen LogP contribution in [-0.2, 0) is 12.3 Å². The number of rotatable bonds is 5. The predicted molar refractivity (Wildman–Crippen MR) is 97.1 cm³/mol. The zero-order chi connectivity index (χ0) is 17.1. The van der Waals surface area contributed by atoms with Crippen LogP contribution >= 0.6 is 35.0 Å². The molecule has 0 spiro atoms. The summed E-state index contributed by atoms with van der Waals surface area (Å²) in [6.07, 6.45) is 0. The highest BCUT2D eigenvalue weighted by molar-refractivity contribution is 7.98. The lowest BCUT2D eigenvalue weighted by Gasteiger charge is -2.08. The molecule has 7 heteroatoms. The summed E-state index contributed by atoms with van der Waals surface area (Å²) in [5, 5.41) is 10.4. The molecule has 0 amide bonds. The first kappa shape index (κ1) is 17.3. The van der Waals surface area contributed by atoms with Gasteiger partial charge in [0.1, 0.15) is 5.82 Å². The van der Waals surface area contributed by atoms with Crippen molar-refractivity contribution in [2.45, 2.75) is 24.4 Å². The van der Waals surface area contributed by atoms with Crippen LogP contribution in [0.2, 0.25) is 10.0 Å². The maximum Gasteiger partial charge on any atom is 0.191 e. The Balaban J connectivity index is 1.81. The minimum atomic E-state index is -0.268. The normalized spacial score (nSPS) is 11.0. The summed E-state index contributed by atoms with van der Waals surface area (Å²) in [7, 11) is 0. The van der Waals surface area contributed by atoms with Gasteiger partial charge in [0.25, 0.3) is 0 Å². The molecular formula is C17H14Cl2FN3S. The molecule has 0 N–H and O–H groups in total. The van der Waals surface area contributed by atoms with Gasteiger partial charge in [-0.15, -0.1) is 10.2 Å². The van der Waals surface area contributed by atoms with Crippen LogP contribution < -0.4 is 0 Å². The van der Waals surface area contributed by atoms with Crippen LogP contribution in [0.4, 0.5) is 4.39 Å². The number of halogens is 3. The largest absolute Gasteiger partial charge is 0.302 e. The Morgan fingerprint density at radius 3 is 2.46 bits per heavy atom. The molecule has 0 aliphatic heterocycles. The van der Waals surface area contributed by atoms with E-state index in [1.54, 1.807) is 30.0 Å². The van der Waals surface area contributed by atoms with Crippen molar-refractivity contribution in [1.82, 2.24) is 14.8 Å². The summed E-state index contributed by atoms with van der Waals surface area (Å²) in [4.78, 5) is 0. The minimum absolute atomic E-state index is 0.268. The first-order chi connectivity index (χ1) is 11.6. The molecule has 1 aromatic heterocycles. The molecule has 2 aromatic carbocycles. The molecule has 24 heavy (non-hydrogen) atoms. The fraction of sp³-hybridized carbons (Fsp3) is 0.176. The smallest absolute Gasteiger partial charge is 0.191 e. The number of aromatic nitrogens is 3. The molecule has 0 unspecified atom stereocenters. The number of thioether (sulfide) groups is 1. The SMILES string of the molecule is CCn1c(SCc2ccc(Cl)c(Cl)c2)nnc1-c1ccc(F)cc1. The lowest BCUT2D eigenvalue weighted by molar-refractivity contribution is 0.627. The molecule has 3 nitrogen and oxygen atoms in total. The van der Waals surface area contributed by atoms with Gasteiger partial charge >= 0.3 is 0 Å². The number of hydrogen-bond donors (Lipinski definition) is 0. The van der Waals surface area contributed by atoms with Crippen LogP contribution in [0.1, 0.15) is 12.5 Å². The zero-order valence-corrected chi connectivity index (χ0v) is 15.2. The van der Waals surface area contributed by atoms with E-state index in [2.05, 4.69) is 10.2 Å². The Hall–Kier alpha value is -1.56. The molecule has 0 saturated heterocycles. The Bertz CT molecular complexity index is 850. The molecule has 1 heterocycles. The summed E-state index contributed by atoms with van der Waals surface area (Å²) < 4.78 is 15.1. The molecule has 0 bridgehead atoms. The highest BCUT2D eigenvalue weighted by Gasteiger charge is 2.13. The Morgan fingerprint density at radius 2 is 1.79 bits per heavy atom. The average Bonchev–Trinajstić information content (AvgIpc) is 2.99. The zero-order valence-electron chi connectivity index (χ0n) is 12.8. The van der Waals surface area contributed by atoms with Crippen LogP contribution in [0.5, 0.6) is 0 Å². The average molecular weight is 382 g/mol. The van der Waals surface area contributed by atoms with Crippen LogP contribution in [0.15, 0.2) is 47.6 Å². The summed E-state index contributed by atoms with van der Waals surface area (Å²) in [5.41, 5.74) is 1.90. The van der Waals surface area contributed by atoms with Crippen molar-refractivity contribution in [3.63, 3.8) is 0 Å². The summed E-state index contributed by atoms with van der Waals surface area (Å²) in [6, 6.07) is 11.8. The molecule has 0 aliphatic carbocycles. The van der Waals surface area contributed by atoms with Crippen molar-refractivity contribution in [3.8, 4) is 11.4 Å². The van der Waals surface area contributed by atoms with Crippen molar-refractivity contribution < 1.29 is 4.39 Å². The third kappa shape index (κ3) is 3.74. The van der Waals surface area contributed by atoms with Gasteiger partial charge in [0.05, 0.1) is 10.0 Å². The molecular weight excluding hydrogens is 368 g/mol. The summed E-state index contributed by atoms with van der Waals surface area (Å²) in [5.74, 6) is 1.17. The van der Waals surface area contributed by atoms with Gasteiger partial charge in [-0.05, 0) is 48.9 Å². The Morgan fingerprint density at radius 1 is 1.04 bits per heavy atom. The summed E-state index contributed by atoms with van der Waals surface area (Å²) in [6.45, 7) is 2.75. The van der Waals surface area contributed by atoms with Crippen LogP contribution in [0.25, 0.3) is 11.4 Å². The van der Waals surface area contributed by atoms with Crippen molar-refractivity contribution in [2.24, 2.45) is 0 Å². The van der Waals surface area contributed by atoms with Gasteiger partial charge in [0.15, 0.2) is 11.0 Å². The van der Waals surface area contributed by atoms with Crippen LogP contribution in [0.3, 0.4) is 0 Å². The van der Waals surface area contributed by atoms with E-state index < -0.39 is 0 Å².